The van der Waals surface area contributed by atoms with Gasteiger partial charge < -0.3 is 20.7 Å². The SMILES string of the molecule is CC(C)[C@H](N)C(=O)Cc1ccn([C@@H]2O[C@H](CO)[C@@H](O)C2(F)F)c(=O)n1. The molecule has 8 nitrogen and oxygen atoms in total. The largest absolute Gasteiger partial charge is 0.394 e. The third-order valence-electron chi connectivity index (χ3n) is 4.15. The first kappa shape index (κ1) is 19.6. The van der Waals surface area contributed by atoms with Gasteiger partial charge in [0.05, 0.1) is 24.8 Å². The molecule has 25 heavy (non-hydrogen) atoms. The van der Waals surface area contributed by atoms with E-state index in [1.807, 2.05) is 0 Å². The van der Waals surface area contributed by atoms with E-state index in [1.165, 1.54) is 6.07 Å². The average Bonchev–Trinajstić information content (AvgIpc) is 2.77. The molecule has 0 saturated carbocycles. The lowest BCUT2D eigenvalue weighted by atomic mass is 9.98. The molecule has 1 aliphatic rings. The summed E-state index contributed by atoms with van der Waals surface area (Å²) in [6.45, 7) is 2.72. The molecule has 2 rings (SSSR count). The molecule has 1 aromatic heterocycles. The van der Waals surface area contributed by atoms with E-state index in [0.717, 1.165) is 6.20 Å². The van der Waals surface area contributed by atoms with Crippen LogP contribution in [0.25, 0.3) is 0 Å². The average molecular weight is 361 g/mol. The molecule has 4 atom stereocenters. The van der Waals surface area contributed by atoms with E-state index in [9.17, 15) is 23.5 Å². The predicted octanol–water partition coefficient (Wildman–Crippen LogP) is -0.776. The zero-order chi connectivity index (χ0) is 18.9. The van der Waals surface area contributed by atoms with E-state index >= 15 is 0 Å². The van der Waals surface area contributed by atoms with Crippen LogP contribution in [0.5, 0.6) is 0 Å². The molecule has 140 valence electrons. The minimum absolute atomic E-state index is 0.0876. The maximum absolute atomic E-state index is 14.1. The monoisotopic (exact) mass is 361 g/mol. The number of aliphatic hydroxyl groups is 2. The molecule has 1 aliphatic heterocycles. The molecular formula is C15H21F2N3O5. The van der Waals surface area contributed by atoms with Gasteiger partial charge in [-0.25, -0.2) is 4.79 Å². The van der Waals surface area contributed by atoms with Crippen molar-refractivity contribution in [2.45, 2.75) is 50.7 Å². The molecular weight excluding hydrogens is 340 g/mol. The Labute approximate surface area is 142 Å². The van der Waals surface area contributed by atoms with Gasteiger partial charge in [-0.3, -0.25) is 9.36 Å². The third kappa shape index (κ3) is 3.76. The van der Waals surface area contributed by atoms with Crippen LogP contribution >= 0.6 is 0 Å². The maximum Gasteiger partial charge on any atom is 0.350 e. The number of hydrogen-bond donors (Lipinski definition) is 3. The van der Waals surface area contributed by atoms with Crippen LogP contribution in [0.15, 0.2) is 17.1 Å². The highest BCUT2D eigenvalue weighted by Crippen LogP contribution is 2.41. The topological polar surface area (TPSA) is 128 Å². The van der Waals surface area contributed by atoms with Gasteiger partial charge >= 0.3 is 11.6 Å². The molecule has 1 aromatic rings. The number of halogens is 2. The highest BCUT2D eigenvalue weighted by atomic mass is 19.3. The Kier molecular flexibility index (Phi) is 5.67. The minimum Gasteiger partial charge on any atom is -0.394 e. The van der Waals surface area contributed by atoms with Crippen LogP contribution in [-0.2, 0) is 16.0 Å². The molecule has 10 heteroatoms. The fourth-order valence-corrected chi connectivity index (χ4v) is 2.51. The molecule has 1 saturated heterocycles. The fourth-order valence-electron chi connectivity index (χ4n) is 2.51. The highest BCUT2D eigenvalue weighted by molar-refractivity contribution is 5.85. The number of ether oxygens (including phenoxy) is 1. The Bertz CT molecular complexity index is 694. The lowest BCUT2D eigenvalue weighted by molar-refractivity contribution is -0.141. The Hall–Kier alpha value is -1.75. The zero-order valence-electron chi connectivity index (χ0n) is 13.8. The van der Waals surface area contributed by atoms with Gasteiger partial charge in [0, 0.05) is 6.20 Å². The van der Waals surface area contributed by atoms with E-state index in [1.54, 1.807) is 13.8 Å². The molecule has 0 unspecified atom stereocenters. The van der Waals surface area contributed by atoms with Crippen molar-refractivity contribution in [1.82, 2.24) is 9.55 Å². The second kappa shape index (κ2) is 7.24. The van der Waals surface area contributed by atoms with E-state index in [-0.39, 0.29) is 23.8 Å². The molecule has 0 aliphatic carbocycles. The predicted molar refractivity (Wildman–Crippen MR) is 82.0 cm³/mol. The van der Waals surface area contributed by atoms with E-state index in [4.69, 9.17) is 15.6 Å². The first-order valence-corrected chi connectivity index (χ1v) is 7.78. The van der Waals surface area contributed by atoms with Gasteiger partial charge in [0.25, 0.3) is 0 Å². The summed E-state index contributed by atoms with van der Waals surface area (Å²) < 4.78 is 33.5. The number of nitrogens with zero attached hydrogens (tertiary/aromatic N) is 2. The van der Waals surface area contributed by atoms with E-state index in [0.29, 0.717) is 4.57 Å². The summed E-state index contributed by atoms with van der Waals surface area (Å²) in [5.74, 6) is -4.19. The lowest BCUT2D eigenvalue weighted by Gasteiger charge is -2.21. The minimum atomic E-state index is -3.78. The van der Waals surface area contributed by atoms with Crippen LogP contribution in [0.1, 0.15) is 25.8 Å². The van der Waals surface area contributed by atoms with Gasteiger partial charge in [0.2, 0.25) is 6.23 Å². The van der Waals surface area contributed by atoms with Crippen molar-refractivity contribution in [3.63, 3.8) is 0 Å². The van der Waals surface area contributed by atoms with Gasteiger partial charge in [-0.2, -0.15) is 13.8 Å². The Balaban J connectivity index is 2.23. The molecule has 0 spiro atoms. The third-order valence-corrected chi connectivity index (χ3v) is 4.15. The molecule has 2 heterocycles. The number of aromatic nitrogens is 2. The smallest absolute Gasteiger partial charge is 0.350 e. The molecule has 0 amide bonds. The van der Waals surface area contributed by atoms with Crippen LogP contribution in [-0.4, -0.2) is 56.3 Å². The number of rotatable bonds is 6. The Morgan fingerprint density at radius 3 is 2.64 bits per heavy atom. The number of aliphatic hydroxyl groups excluding tert-OH is 2. The molecule has 4 N–H and O–H groups in total. The first-order chi connectivity index (χ1) is 11.6. The fraction of sp³-hybridized carbons (Fsp3) is 0.667. The number of nitrogens with two attached hydrogens (primary N) is 1. The van der Waals surface area contributed by atoms with Crippen molar-refractivity contribution in [2.24, 2.45) is 11.7 Å². The van der Waals surface area contributed by atoms with Gasteiger partial charge in [0.15, 0.2) is 11.9 Å². The molecule has 0 radical (unpaired) electrons. The van der Waals surface area contributed by atoms with Crippen molar-refractivity contribution >= 4 is 5.78 Å². The summed E-state index contributed by atoms with van der Waals surface area (Å²) in [5.41, 5.74) is 4.77. The van der Waals surface area contributed by atoms with Crippen LogP contribution in [0.3, 0.4) is 0 Å². The maximum atomic E-state index is 14.1. The number of carbonyl (C=O) groups is 1. The summed E-state index contributed by atoms with van der Waals surface area (Å²) in [5, 5.41) is 18.5. The van der Waals surface area contributed by atoms with Crippen LogP contribution < -0.4 is 11.4 Å². The van der Waals surface area contributed by atoms with E-state index < -0.39 is 42.7 Å². The zero-order valence-corrected chi connectivity index (χ0v) is 13.8. The molecule has 0 aromatic carbocycles. The van der Waals surface area contributed by atoms with Crippen LogP contribution in [0.2, 0.25) is 0 Å². The first-order valence-electron chi connectivity index (χ1n) is 7.78. The highest BCUT2D eigenvalue weighted by Gasteiger charge is 2.59. The van der Waals surface area contributed by atoms with Gasteiger partial charge in [-0.15, -0.1) is 0 Å². The summed E-state index contributed by atoms with van der Waals surface area (Å²) in [6, 6.07) is 0.525. The summed E-state index contributed by atoms with van der Waals surface area (Å²) >= 11 is 0. The normalized spacial score (nSPS) is 26.8. The number of alkyl halides is 2. The Morgan fingerprint density at radius 1 is 1.52 bits per heavy atom. The van der Waals surface area contributed by atoms with Crippen molar-refractivity contribution in [3.05, 3.63) is 28.4 Å². The number of Topliss-reactive ketones (excluding diaryl/α,β-unsaturated/α-hetero) is 1. The number of carbonyl (C=O) groups excluding carboxylic acids is 1. The standard InChI is InChI=1S/C15H21F2N3O5/c1-7(2)11(18)9(22)5-8-3-4-20(14(24)19-8)13-15(16,17)12(23)10(6-21)25-13/h3-4,7,10-13,21,23H,5-6,18H2,1-2H3/t10-,11+,12-,13-/m1/s1. The van der Waals surface area contributed by atoms with Gasteiger partial charge in [0.1, 0.15) is 6.10 Å². The van der Waals surface area contributed by atoms with Gasteiger partial charge in [-0.05, 0) is 12.0 Å². The van der Waals surface area contributed by atoms with Crippen molar-refractivity contribution < 1.29 is 28.5 Å². The number of hydrogen-bond acceptors (Lipinski definition) is 7. The number of ketones is 1. The molecule has 1 fully saturated rings. The summed E-state index contributed by atoms with van der Waals surface area (Å²) in [6.07, 6.45) is -5.04. The quantitative estimate of drug-likeness (QED) is 0.607. The van der Waals surface area contributed by atoms with Crippen molar-refractivity contribution in [1.29, 1.82) is 0 Å². The van der Waals surface area contributed by atoms with Gasteiger partial charge in [-0.1, -0.05) is 13.8 Å². The second-order valence-corrected chi connectivity index (χ2v) is 6.35. The van der Waals surface area contributed by atoms with Crippen molar-refractivity contribution in [2.75, 3.05) is 6.61 Å². The summed E-state index contributed by atoms with van der Waals surface area (Å²) in [4.78, 5) is 27.6. The Morgan fingerprint density at radius 2 is 2.16 bits per heavy atom. The van der Waals surface area contributed by atoms with Crippen molar-refractivity contribution in [3.8, 4) is 0 Å². The van der Waals surface area contributed by atoms with Crippen LogP contribution in [0.4, 0.5) is 8.78 Å². The molecule has 0 bridgehead atoms. The summed E-state index contributed by atoms with van der Waals surface area (Å²) in [7, 11) is 0. The second-order valence-electron chi connectivity index (χ2n) is 6.35. The lowest BCUT2D eigenvalue weighted by Crippen LogP contribution is -2.42. The van der Waals surface area contributed by atoms with Crippen LogP contribution in [0, 0.1) is 5.92 Å². The van der Waals surface area contributed by atoms with E-state index in [2.05, 4.69) is 4.98 Å².